The maximum absolute atomic E-state index is 11.5. The van der Waals surface area contributed by atoms with E-state index in [1.165, 1.54) is 32.6 Å². The van der Waals surface area contributed by atoms with E-state index >= 15 is 0 Å². The zero-order chi connectivity index (χ0) is 15.1. The van der Waals surface area contributed by atoms with Crippen molar-refractivity contribution in [1.29, 1.82) is 0 Å². The number of hydroxylamine groups is 2. The van der Waals surface area contributed by atoms with E-state index in [9.17, 15) is 4.79 Å². The molecule has 0 saturated carbocycles. The van der Waals surface area contributed by atoms with Crippen molar-refractivity contribution in [3.63, 3.8) is 0 Å². The predicted octanol–water partition coefficient (Wildman–Crippen LogP) is 2.13. The summed E-state index contributed by atoms with van der Waals surface area (Å²) in [6.07, 6.45) is 8.08. The van der Waals surface area contributed by atoms with Crippen LogP contribution >= 0.6 is 0 Å². The second kappa shape index (κ2) is 8.11. The number of carbonyl (C=O) groups excluding carboxylic acids is 1. The average Bonchev–Trinajstić information content (AvgIpc) is 2.75. The lowest BCUT2D eigenvalue weighted by Gasteiger charge is -2.51. The Hall–Kier alpha value is -0.650. The van der Waals surface area contributed by atoms with Gasteiger partial charge in [-0.2, -0.15) is 0 Å². The third kappa shape index (κ3) is 4.18. The number of unbranched alkanes of at least 4 members (excludes halogenated alkanes) is 1. The number of hydrogen-bond acceptors (Lipinski definition) is 5. The number of rotatable bonds is 5. The zero-order valence-corrected chi connectivity index (χ0v) is 13.7. The molecular weight excluding hydrogens is 266 g/mol. The molecule has 1 unspecified atom stereocenters. The average molecular weight is 297 g/mol. The molecule has 122 valence electrons. The minimum absolute atomic E-state index is 0.0774. The molecule has 1 N–H and O–H groups in total. The molecule has 21 heavy (non-hydrogen) atoms. The third-order valence-corrected chi connectivity index (χ3v) is 4.75. The largest absolute Gasteiger partial charge is 0.366 e. The van der Waals surface area contributed by atoms with Gasteiger partial charge < -0.3 is 10.2 Å². The molecule has 0 aromatic rings. The quantitative estimate of drug-likeness (QED) is 0.842. The molecule has 0 aromatic carbocycles. The molecule has 0 bridgehead atoms. The molecule has 0 amide bonds. The minimum atomic E-state index is -0.189. The first-order valence-corrected chi connectivity index (χ1v) is 8.61. The number of nitrogens with one attached hydrogen (secondary N) is 1. The molecule has 0 spiro atoms. The Morgan fingerprint density at radius 3 is 2.81 bits per heavy atom. The Morgan fingerprint density at radius 2 is 2.05 bits per heavy atom. The van der Waals surface area contributed by atoms with Crippen LogP contribution in [0, 0.1) is 0 Å². The monoisotopic (exact) mass is 297 g/mol. The molecule has 2 heterocycles. The zero-order valence-electron chi connectivity index (χ0n) is 13.7. The Morgan fingerprint density at radius 1 is 1.19 bits per heavy atom. The maximum atomic E-state index is 11.5. The van der Waals surface area contributed by atoms with Crippen molar-refractivity contribution >= 4 is 5.97 Å². The molecule has 2 aliphatic rings. The molecule has 2 fully saturated rings. The van der Waals surface area contributed by atoms with E-state index in [4.69, 9.17) is 4.84 Å². The summed E-state index contributed by atoms with van der Waals surface area (Å²) in [5.41, 5.74) is -0.0774. The highest BCUT2D eigenvalue weighted by molar-refractivity contribution is 5.65. The van der Waals surface area contributed by atoms with Gasteiger partial charge in [0.25, 0.3) is 0 Å². The van der Waals surface area contributed by atoms with Gasteiger partial charge >= 0.3 is 5.97 Å². The van der Waals surface area contributed by atoms with Crippen molar-refractivity contribution < 1.29 is 9.63 Å². The Labute approximate surface area is 129 Å². The van der Waals surface area contributed by atoms with Crippen LogP contribution < -0.4 is 5.32 Å². The molecule has 5 nitrogen and oxygen atoms in total. The summed E-state index contributed by atoms with van der Waals surface area (Å²) in [6.45, 7) is 8.87. The van der Waals surface area contributed by atoms with Crippen LogP contribution in [0.25, 0.3) is 0 Å². The number of hydrogen-bond donors (Lipinski definition) is 1. The second-order valence-corrected chi connectivity index (χ2v) is 6.32. The van der Waals surface area contributed by atoms with E-state index in [2.05, 4.69) is 17.1 Å². The van der Waals surface area contributed by atoms with Crippen LogP contribution in [0.3, 0.4) is 0 Å². The summed E-state index contributed by atoms with van der Waals surface area (Å²) < 4.78 is 0. The molecule has 0 aromatic heterocycles. The smallest absolute Gasteiger partial charge is 0.322 e. The van der Waals surface area contributed by atoms with E-state index in [-0.39, 0.29) is 11.6 Å². The van der Waals surface area contributed by atoms with Gasteiger partial charge in [0.2, 0.25) is 0 Å². The lowest BCUT2D eigenvalue weighted by atomic mass is 9.89. The first kappa shape index (κ1) is 16.7. The number of carbonyl (C=O) groups is 1. The Bertz CT molecular complexity index is 329. The van der Waals surface area contributed by atoms with Crippen LogP contribution in [-0.4, -0.2) is 54.3 Å². The molecule has 2 aliphatic heterocycles. The van der Waals surface area contributed by atoms with Crippen molar-refractivity contribution in [2.45, 2.75) is 64.5 Å². The van der Waals surface area contributed by atoms with Crippen molar-refractivity contribution in [3.8, 4) is 0 Å². The summed E-state index contributed by atoms with van der Waals surface area (Å²) in [5, 5.41) is 5.49. The van der Waals surface area contributed by atoms with Crippen molar-refractivity contribution in [2.24, 2.45) is 0 Å². The number of piperidine rings is 1. The fourth-order valence-corrected chi connectivity index (χ4v) is 3.73. The molecule has 2 rings (SSSR count). The van der Waals surface area contributed by atoms with Gasteiger partial charge in [-0.1, -0.05) is 19.8 Å². The molecule has 2 saturated heterocycles. The number of nitrogens with zero attached hydrogens (tertiary/aromatic N) is 2. The van der Waals surface area contributed by atoms with Crippen LogP contribution in [0.15, 0.2) is 0 Å². The van der Waals surface area contributed by atoms with E-state index in [1.807, 2.05) is 5.06 Å². The van der Waals surface area contributed by atoms with E-state index in [0.29, 0.717) is 0 Å². The molecule has 1 atom stereocenters. The Kier molecular flexibility index (Phi) is 6.45. The topological polar surface area (TPSA) is 44.8 Å². The van der Waals surface area contributed by atoms with Crippen LogP contribution in [0.2, 0.25) is 0 Å². The highest BCUT2D eigenvalue weighted by Gasteiger charge is 2.45. The molecular formula is C16H31N3O2. The SMILES string of the molecule is CCCCC1(N2CCCNCC2)CCCCN1OC(C)=O. The summed E-state index contributed by atoms with van der Waals surface area (Å²) in [7, 11) is 0. The van der Waals surface area contributed by atoms with Gasteiger partial charge in [-0.15, -0.1) is 5.06 Å². The fourth-order valence-electron chi connectivity index (χ4n) is 3.73. The van der Waals surface area contributed by atoms with Gasteiger partial charge in [0.15, 0.2) is 0 Å². The lowest BCUT2D eigenvalue weighted by molar-refractivity contribution is -0.267. The third-order valence-electron chi connectivity index (χ3n) is 4.75. The summed E-state index contributed by atoms with van der Waals surface area (Å²) in [4.78, 5) is 19.7. The van der Waals surface area contributed by atoms with Crippen LogP contribution in [0.5, 0.6) is 0 Å². The first-order valence-electron chi connectivity index (χ1n) is 8.61. The summed E-state index contributed by atoms with van der Waals surface area (Å²) in [6, 6.07) is 0. The predicted molar refractivity (Wildman–Crippen MR) is 83.6 cm³/mol. The summed E-state index contributed by atoms with van der Waals surface area (Å²) >= 11 is 0. The highest BCUT2D eigenvalue weighted by atomic mass is 16.7. The molecule has 0 aliphatic carbocycles. The van der Waals surface area contributed by atoms with Gasteiger partial charge in [0.1, 0.15) is 5.66 Å². The van der Waals surface area contributed by atoms with Crippen LogP contribution in [0.4, 0.5) is 0 Å². The second-order valence-electron chi connectivity index (χ2n) is 6.32. The standard InChI is InChI=1S/C16H31N3O2/c1-3-4-8-16(18-12-7-10-17-11-14-18)9-5-6-13-19(16)21-15(2)20/h17H,3-14H2,1-2H3. The van der Waals surface area contributed by atoms with Crippen molar-refractivity contribution in [3.05, 3.63) is 0 Å². The van der Waals surface area contributed by atoms with E-state index < -0.39 is 0 Å². The maximum Gasteiger partial charge on any atom is 0.322 e. The lowest BCUT2D eigenvalue weighted by Crippen LogP contribution is -2.63. The Balaban J connectivity index is 2.20. The van der Waals surface area contributed by atoms with E-state index in [1.54, 1.807) is 0 Å². The van der Waals surface area contributed by atoms with Crippen LogP contribution in [0.1, 0.15) is 58.8 Å². The van der Waals surface area contributed by atoms with Gasteiger partial charge in [-0.05, 0) is 38.6 Å². The van der Waals surface area contributed by atoms with Gasteiger partial charge in [0.05, 0.1) is 0 Å². The normalized spacial score (nSPS) is 29.0. The van der Waals surface area contributed by atoms with Crippen LogP contribution in [-0.2, 0) is 9.63 Å². The van der Waals surface area contributed by atoms with Gasteiger partial charge in [-0.3, -0.25) is 9.69 Å². The van der Waals surface area contributed by atoms with Crippen molar-refractivity contribution in [1.82, 2.24) is 15.3 Å². The molecule has 5 heteroatoms. The first-order chi connectivity index (χ1) is 10.2. The van der Waals surface area contributed by atoms with Crippen molar-refractivity contribution in [2.75, 3.05) is 32.7 Å². The van der Waals surface area contributed by atoms with Gasteiger partial charge in [-0.25, -0.2) is 0 Å². The highest BCUT2D eigenvalue weighted by Crippen LogP contribution is 2.36. The fraction of sp³-hybridized carbons (Fsp3) is 0.938. The molecule has 0 radical (unpaired) electrons. The van der Waals surface area contributed by atoms with E-state index in [0.717, 1.165) is 52.0 Å². The van der Waals surface area contributed by atoms with Gasteiger partial charge in [0, 0.05) is 33.1 Å². The minimum Gasteiger partial charge on any atom is -0.366 e. The summed E-state index contributed by atoms with van der Waals surface area (Å²) in [5.74, 6) is -0.189.